The molecule has 1 saturated heterocycles. The van der Waals surface area contributed by atoms with Crippen LogP contribution in [-0.4, -0.2) is 17.6 Å². The molecule has 0 saturated carbocycles. The number of hydrogen-bond donors (Lipinski definition) is 1. The van der Waals surface area contributed by atoms with Crippen LogP contribution >= 0.6 is 15.9 Å². The molecule has 2 heterocycles. The Hall–Kier alpha value is -1.80. The van der Waals surface area contributed by atoms with E-state index in [1.54, 1.807) is 6.08 Å². The number of halogens is 1. The van der Waals surface area contributed by atoms with Crippen LogP contribution in [0.2, 0.25) is 0 Å². The normalized spacial score (nSPS) is 32.2. The van der Waals surface area contributed by atoms with Gasteiger partial charge in [0.25, 0.3) is 0 Å². The predicted molar refractivity (Wildman–Crippen MR) is 73.4 cm³/mol. The summed E-state index contributed by atoms with van der Waals surface area (Å²) < 4.78 is 6.16. The molecule has 3 aliphatic rings. The molecule has 1 aromatic rings. The maximum Gasteiger partial charge on any atom is 0.337 e. The monoisotopic (exact) mass is 318 g/mol. The minimum Gasteiger partial charge on any atom is -0.455 e. The van der Waals surface area contributed by atoms with E-state index in [0.29, 0.717) is 6.42 Å². The highest BCUT2D eigenvalue weighted by Gasteiger charge is 2.55. The number of carbonyl (C=O) groups excluding carboxylic acids is 1. The highest BCUT2D eigenvalue weighted by atomic mass is 79.9. The van der Waals surface area contributed by atoms with Gasteiger partial charge in [-0.05, 0) is 18.2 Å². The second kappa shape index (κ2) is 4.39. The first-order valence-corrected chi connectivity index (χ1v) is 6.77. The van der Waals surface area contributed by atoms with E-state index in [1.807, 2.05) is 30.3 Å². The number of nitrogens with one attached hydrogen (secondary N) is 1. The highest BCUT2D eigenvalue weighted by Crippen LogP contribution is 2.44. The van der Waals surface area contributed by atoms with Crippen LogP contribution in [0.4, 0.5) is 5.69 Å². The van der Waals surface area contributed by atoms with E-state index in [2.05, 4.69) is 27.3 Å². The maximum atomic E-state index is 12.2. The summed E-state index contributed by atoms with van der Waals surface area (Å²) in [5, 5.41) is 12.5. The van der Waals surface area contributed by atoms with Crippen LogP contribution in [0.3, 0.4) is 0 Å². The van der Waals surface area contributed by atoms with Gasteiger partial charge in [0.15, 0.2) is 5.54 Å². The molecular weight excluding hydrogens is 308 g/mol. The second-order valence-corrected chi connectivity index (χ2v) is 5.62. The van der Waals surface area contributed by atoms with Gasteiger partial charge in [-0.1, -0.05) is 34.1 Å². The van der Waals surface area contributed by atoms with E-state index in [9.17, 15) is 10.1 Å². The first-order chi connectivity index (χ1) is 9.15. The van der Waals surface area contributed by atoms with E-state index >= 15 is 0 Å². The fourth-order valence-electron chi connectivity index (χ4n) is 2.54. The third kappa shape index (κ3) is 1.83. The van der Waals surface area contributed by atoms with Crippen LogP contribution in [0.25, 0.3) is 0 Å². The number of hydrogen-bond acceptors (Lipinski definition) is 4. The largest absolute Gasteiger partial charge is 0.455 e. The van der Waals surface area contributed by atoms with Gasteiger partial charge in [-0.2, -0.15) is 5.26 Å². The summed E-state index contributed by atoms with van der Waals surface area (Å²) in [6.07, 6.45) is 1.96. The number of esters is 1. The fraction of sp³-hybridized carbons (Fsp3) is 0.286. The smallest absolute Gasteiger partial charge is 0.337 e. The van der Waals surface area contributed by atoms with E-state index in [4.69, 9.17) is 4.74 Å². The number of benzene rings is 1. The molecule has 0 unspecified atom stereocenters. The zero-order valence-corrected chi connectivity index (χ0v) is 11.6. The number of nitrogens with zero attached hydrogens (tertiary/aromatic N) is 1. The Labute approximate surface area is 119 Å². The SMILES string of the molecule is N#C[C@@H]1C[C@@H]2OC(=O)[C@@]1(Nc1ccccc1)C=C2Br. The summed E-state index contributed by atoms with van der Waals surface area (Å²) in [6, 6.07) is 11.6. The maximum absolute atomic E-state index is 12.2. The minimum atomic E-state index is -1.09. The molecule has 3 atom stereocenters. The molecule has 2 bridgehead atoms. The lowest BCUT2D eigenvalue weighted by Crippen LogP contribution is -2.60. The van der Waals surface area contributed by atoms with Gasteiger partial charge in [0.2, 0.25) is 0 Å². The predicted octanol–water partition coefficient (Wildman–Crippen LogP) is 2.58. The molecule has 1 fully saturated rings. The van der Waals surface area contributed by atoms with Crippen molar-refractivity contribution in [2.75, 3.05) is 5.32 Å². The Morgan fingerprint density at radius 2 is 2.16 bits per heavy atom. The van der Waals surface area contributed by atoms with Crippen LogP contribution in [0.1, 0.15) is 6.42 Å². The molecule has 5 heteroatoms. The highest BCUT2D eigenvalue weighted by molar-refractivity contribution is 9.11. The lowest BCUT2D eigenvalue weighted by Gasteiger charge is -2.45. The molecule has 0 aromatic heterocycles. The van der Waals surface area contributed by atoms with Crippen molar-refractivity contribution >= 4 is 27.6 Å². The van der Waals surface area contributed by atoms with Crippen molar-refractivity contribution < 1.29 is 9.53 Å². The summed E-state index contributed by atoms with van der Waals surface area (Å²) in [5.41, 5.74) is -0.305. The van der Waals surface area contributed by atoms with Gasteiger partial charge in [-0.25, -0.2) is 4.79 Å². The van der Waals surface area contributed by atoms with Crippen molar-refractivity contribution in [2.24, 2.45) is 5.92 Å². The number of ether oxygens (including phenoxy) is 1. The van der Waals surface area contributed by atoms with Gasteiger partial charge in [0, 0.05) is 16.6 Å². The van der Waals surface area contributed by atoms with Crippen molar-refractivity contribution in [2.45, 2.75) is 18.1 Å². The number of fused-ring (bicyclic) bond motifs is 2. The molecule has 1 N–H and O–H groups in total. The average molecular weight is 319 g/mol. The van der Waals surface area contributed by atoms with Crippen LogP contribution in [0, 0.1) is 17.2 Å². The number of nitriles is 1. The van der Waals surface area contributed by atoms with Crippen molar-refractivity contribution in [3.05, 3.63) is 40.9 Å². The van der Waals surface area contributed by atoms with Crippen molar-refractivity contribution in [1.82, 2.24) is 0 Å². The van der Waals surface area contributed by atoms with Crippen molar-refractivity contribution in [1.29, 1.82) is 5.26 Å². The Morgan fingerprint density at radius 3 is 2.84 bits per heavy atom. The van der Waals surface area contributed by atoms with Crippen LogP contribution < -0.4 is 5.32 Å². The van der Waals surface area contributed by atoms with E-state index in [1.165, 1.54) is 0 Å². The van der Waals surface area contributed by atoms with Gasteiger partial charge < -0.3 is 10.1 Å². The Bertz CT molecular complexity index is 593. The zero-order valence-electron chi connectivity index (χ0n) is 9.97. The minimum absolute atomic E-state index is 0.323. The van der Waals surface area contributed by atoms with Crippen LogP contribution in [-0.2, 0) is 9.53 Å². The standard InChI is InChI=1S/C14H11BrN2O2/c15-11-7-14(17-10-4-2-1-3-5-10)9(8-16)6-12(11)19-13(14)18/h1-5,7,9,12,17H,6H2/t9-,12-,14+/m0/s1. The molecule has 1 aromatic carbocycles. The van der Waals surface area contributed by atoms with E-state index < -0.39 is 11.5 Å². The molecule has 0 amide bonds. The van der Waals surface area contributed by atoms with Crippen molar-refractivity contribution in [3.63, 3.8) is 0 Å². The lowest BCUT2D eigenvalue weighted by molar-refractivity contribution is -0.160. The summed E-state index contributed by atoms with van der Waals surface area (Å²) in [6.45, 7) is 0. The summed E-state index contributed by atoms with van der Waals surface area (Å²) in [5.74, 6) is -0.817. The fourth-order valence-corrected chi connectivity index (χ4v) is 3.19. The van der Waals surface area contributed by atoms with E-state index in [-0.39, 0.29) is 12.1 Å². The van der Waals surface area contributed by atoms with E-state index in [0.717, 1.165) is 10.2 Å². The topological polar surface area (TPSA) is 62.1 Å². The van der Waals surface area contributed by atoms with Crippen LogP contribution in [0.5, 0.6) is 0 Å². The Kier molecular flexibility index (Phi) is 2.83. The molecule has 96 valence electrons. The summed E-state index contributed by atoms with van der Waals surface area (Å²) in [7, 11) is 0. The quantitative estimate of drug-likeness (QED) is 0.851. The van der Waals surface area contributed by atoms with Crippen molar-refractivity contribution in [3.8, 4) is 6.07 Å². The number of carbonyl (C=O) groups is 1. The molecular formula is C14H11BrN2O2. The lowest BCUT2D eigenvalue weighted by atomic mass is 9.74. The Balaban J connectivity index is 2.05. The molecule has 1 aliphatic carbocycles. The molecule has 0 spiro atoms. The summed E-state index contributed by atoms with van der Waals surface area (Å²) >= 11 is 3.41. The van der Waals surface area contributed by atoms with Gasteiger partial charge in [-0.15, -0.1) is 0 Å². The van der Waals surface area contributed by atoms with Gasteiger partial charge in [-0.3, -0.25) is 0 Å². The Morgan fingerprint density at radius 1 is 1.42 bits per heavy atom. The van der Waals surface area contributed by atoms with Gasteiger partial charge >= 0.3 is 5.97 Å². The first kappa shape index (κ1) is 12.2. The molecule has 0 radical (unpaired) electrons. The van der Waals surface area contributed by atoms with Crippen LogP contribution in [0.15, 0.2) is 40.9 Å². The van der Waals surface area contributed by atoms with Gasteiger partial charge in [0.1, 0.15) is 6.10 Å². The second-order valence-electron chi connectivity index (χ2n) is 4.70. The third-order valence-corrected chi connectivity index (χ3v) is 4.28. The zero-order chi connectivity index (χ0) is 13.5. The first-order valence-electron chi connectivity index (χ1n) is 5.98. The number of para-hydroxylation sites is 1. The average Bonchev–Trinajstić information content (AvgIpc) is 2.41. The number of rotatable bonds is 2. The molecule has 19 heavy (non-hydrogen) atoms. The third-order valence-electron chi connectivity index (χ3n) is 3.54. The molecule has 4 rings (SSSR count). The molecule has 4 nitrogen and oxygen atoms in total. The number of anilines is 1. The molecule has 2 aliphatic heterocycles. The summed E-state index contributed by atoms with van der Waals surface area (Å²) in [4.78, 5) is 12.2. The van der Waals surface area contributed by atoms with Gasteiger partial charge in [0.05, 0.1) is 12.0 Å².